The van der Waals surface area contributed by atoms with Crippen LogP contribution in [0.3, 0.4) is 0 Å². The summed E-state index contributed by atoms with van der Waals surface area (Å²) in [5.74, 6) is 2.75. The van der Waals surface area contributed by atoms with E-state index in [0.717, 1.165) is 61.2 Å². The number of fused-ring (bicyclic) bond motifs is 1. The first-order valence-corrected chi connectivity index (χ1v) is 11.6. The monoisotopic (exact) mass is 562 g/mol. The largest absolute Gasteiger partial charge is 0.496 e. The average molecular weight is 563 g/mol. The van der Waals surface area contributed by atoms with Crippen LogP contribution in [0.2, 0.25) is 0 Å². The van der Waals surface area contributed by atoms with Crippen molar-refractivity contribution in [2.24, 2.45) is 4.99 Å². The Bertz CT molecular complexity index is 997. The molecule has 178 valence electrons. The van der Waals surface area contributed by atoms with Crippen molar-refractivity contribution in [1.82, 2.24) is 25.5 Å². The van der Waals surface area contributed by atoms with Crippen LogP contribution in [0.15, 0.2) is 53.5 Å². The Morgan fingerprint density at radius 2 is 1.88 bits per heavy atom. The molecule has 1 aliphatic heterocycles. The van der Waals surface area contributed by atoms with E-state index < -0.39 is 0 Å². The highest BCUT2D eigenvalue weighted by Gasteiger charge is 2.25. The fraction of sp³-hybridized carbons (Fsp3) is 0.440. The Balaban J connectivity index is 0.00000306. The van der Waals surface area contributed by atoms with Crippen LogP contribution >= 0.6 is 24.0 Å². The minimum Gasteiger partial charge on any atom is -0.496 e. The van der Waals surface area contributed by atoms with E-state index >= 15 is 0 Å². The van der Waals surface area contributed by atoms with Gasteiger partial charge in [-0.3, -0.25) is 9.89 Å². The van der Waals surface area contributed by atoms with E-state index in [4.69, 9.17) is 9.73 Å². The molecule has 8 heteroatoms. The van der Waals surface area contributed by atoms with Gasteiger partial charge in [-0.25, -0.2) is 4.98 Å². The van der Waals surface area contributed by atoms with Gasteiger partial charge in [-0.2, -0.15) is 0 Å². The van der Waals surface area contributed by atoms with Crippen molar-refractivity contribution in [3.63, 3.8) is 0 Å². The fourth-order valence-corrected chi connectivity index (χ4v) is 4.35. The second kappa shape index (κ2) is 12.8. The Morgan fingerprint density at radius 3 is 2.64 bits per heavy atom. The van der Waals surface area contributed by atoms with Gasteiger partial charge < -0.3 is 20.4 Å². The molecular weight excluding hydrogens is 527 g/mol. The number of benzene rings is 2. The summed E-state index contributed by atoms with van der Waals surface area (Å²) in [7, 11) is 1.74. The van der Waals surface area contributed by atoms with E-state index in [0.29, 0.717) is 6.54 Å². The molecule has 3 aromatic rings. The summed E-state index contributed by atoms with van der Waals surface area (Å²) in [6.07, 6.45) is 3.29. The summed E-state index contributed by atoms with van der Waals surface area (Å²) >= 11 is 0. The topological polar surface area (TPSA) is 77.6 Å². The summed E-state index contributed by atoms with van der Waals surface area (Å²) in [6.45, 7) is 6.56. The number of hydrogen-bond donors (Lipinski definition) is 3. The highest BCUT2D eigenvalue weighted by molar-refractivity contribution is 14.0. The number of hydrogen-bond acceptors (Lipinski definition) is 4. The molecule has 7 nitrogen and oxygen atoms in total. The van der Waals surface area contributed by atoms with Crippen LogP contribution in [0.4, 0.5) is 0 Å². The number of rotatable bonds is 9. The van der Waals surface area contributed by atoms with Gasteiger partial charge in [0.15, 0.2) is 5.96 Å². The number of aromatic nitrogens is 2. The highest BCUT2D eigenvalue weighted by Crippen LogP contribution is 2.31. The molecule has 2 heterocycles. The van der Waals surface area contributed by atoms with Crippen molar-refractivity contribution in [3.8, 4) is 5.75 Å². The van der Waals surface area contributed by atoms with Crippen molar-refractivity contribution in [3.05, 3.63) is 59.9 Å². The van der Waals surface area contributed by atoms with Crippen molar-refractivity contribution in [2.75, 3.05) is 39.8 Å². The third-order valence-corrected chi connectivity index (χ3v) is 5.94. The van der Waals surface area contributed by atoms with E-state index in [9.17, 15) is 0 Å². The maximum Gasteiger partial charge on any atom is 0.191 e. The number of aliphatic imine (C=N–C) groups is 1. The van der Waals surface area contributed by atoms with Gasteiger partial charge in [0.1, 0.15) is 11.6 Å². The van der Waals surface area contributed by atoms with E-state index in [-0.39, 0.29) is 30.0 Å². The normalized spacial score (nSPS) is 15.3. The van der Waals surface area contributed by atoms with E-state index in [1.54, 1.807) is 7.11 Å². The number of guanidine groups is 1. The molecule has 1 aliphatic rings. The molecule has 1 unspecified atom stereocenters. The number of nitrogens with zero attached hydrogens (tertiary/aromatic N) is 3. The predicted octanol–water partition coefficient (Wildman–Crippen LogP) is 4.12. The zero-order valence-electron chi connectivity index (χ0n) is 19.5. The number of halogens is 1. The molecule has 0 radical (unpaired) electrons. The lowest BCUT2D eigenvalue weighted by molar-refractivity contribution is 0.245. The van der Waals surface area contributed by atoms with Gasteiger partial charge in [0, 0.05) is 25.1 Å². The molecule has 1 atom stereocenters. The molecule has 33 heavy (non-hydrogen) atoms. The van der Waals surface area contributed by atoms with Crippen LogP contribution in [0.1, 0.15) is 37.2 Å². The Hall–Kier alpha value is -2.33. The Morgan fingerprint density at radius 1 is 1.12 bits per heavy atom. The third-order valence-electron chi connectivity index (χ3n) is 5.94. The van der Waals surface area contributed by atoms with Crippen LogP contribution in [0.25, 0.3) is 11.0 Å². The average Bonchev–Trinajstić information content (AvgIpc) is 3.49. The second-order valence-corrected chi connectivity index (χ2v) is 8.10. The quantitative estimate of drug-likeness (QED) is 0.208. The molecular formula is C25H35IN6O. The van der Waals surface area contributed by atoms with Crippen molar-refractivity contribution >= 4 is 41.0 Å². The van der Waals surface area contributed by atoms with Crippen LogP contribution in [0, 0.1) is 0 Å². The molecule has 0 amide bonds. The maximum atomic E-state index is 5.66. The van der Waals surface area contributed by atoms with Crippen LogP contribution in [0.5, 0.6) is 5.75 Å². The fourth-order valence-electron chi connectivity index (χ4n) is 4.35. The lowest BCUT2D eigenvalue weighted by Gasteiger charge is -2.28. The first kappa shape index (κ1) is 25.3. The lowest BCUT2D eigenvalue weighted by Crippen LogP contribution is -2.39. The summed E-state index contributed by atoms with van der Waals surface area (Å²) in [6, 6.07) is 16.7. The molecule has 1 aromatic heterocycles. The lowest BCUT2D eigenvalue weighted by atomic mass is 10.0. The molecule has 1 fully saturated rings. The maximum absolute atomic E-state index is 5.66. The van der Waals surface area contributed by atoms with Crippen LogP contribution < -0.4 is 15.4 Å². The highest BCUT2D eigenvalue weighted by atomic mass is 127. The number of nitrogens with one attached hydrogen (secondary N) is 3. The van der Waals surface area contributed by atoms with E-state index in [1.807, 2.05) is 30.3 Å². The third kappa shape index (κ3) is 6.60. The molecule has 1 saturated heterocycles. The van der Waals surface area contributed by atoms with Crippen molar-refractivity contribution in [1.29, 1.82) is 0 Å². The minimum absolute atomic E-state index is 0. The zero-order valence-corrected chi connectivity index (χ0v) is 21.8. The van der Waals surface area contributed by atoms with Crippen molar-refractivity contribution < 1.29 is 4.74 Å². The number of ether oxygens (including phenoxy) is 1. The van der Waals surface area contributed by atoms with Gasteiger partial charge >= 0.3 is 0 Å². The summed E-state index contributed by atoms with van der Waals surface area (Å²) in [4.78, 5) is 15.5. The number of methoxy groups -OCH3 is 1. The Labute approximate surface area is 213 Å². The molecule has 0 aliphatic carbocycles. The minimum atomic E-state index is 0. The molecule has 2 aromatic carbocycles. The SMILES string of the molecule is CCNC(=NCC(c1ccccc1OC)N1CCCC1)NCCc1nc2ccccc2[nH]1.I. The number of para-hydroxylation sites is 3. The Kier molecular flexibility index (Phi) is 9.80. The molecule has 0 bridgehead atoms. The van der Waals surface area contributed by atoms with Gasteiger partial charge in [0.25, 0.3) is 0 Å². The van der Waals surface area contributed by atoms with E-state index in [2.05, 4.69) is 50.6 Å². The first-order valence-electron chi connectivity index (χ1n) is 11.6. The van der Waals surface area contributed by atoms with Crippen LogP contribution in [-0.2, 0) is 6.42 Å². The molecule has 3 N–H and O–H groups in total. The van der Waals surface area contributed by atoms with E-state index in [1.165, 1.54) is 18.4 Å². The summed E-state index contributed by atoms with van der Waals surface area (Å²) in [5, 5.41) is 6.85. The number of H-pyrrole nitrogens is 1. The summed E-state index contributed by atoms with van der Waals surface area (Å²) in [5.41, 5.74) is 3.29. The van der Waals surface area contributed by atoms with Gasteiger partial charge in [0.05, 0.1) is 30.7 Å². The van der Waals surface area contributed by atoms with Gasteiger partial charge in [-0.1, -0.05) is 30.3 Å². The van der Waals surface area contributed by atoms with Gasteiger partial charge in [-0.05, 0) is 51.1 Å². The molecule has 0 saturated carbocycles. The second-order valence-electron chi connectivity index (χ2n) is 8.10. The summed E-state index contributed by atoms with van der Waals surface area (Å²) < 4.78 is 5.66. The zero-order chi connectivity index (χ0) is 22.2. The standard InChI is InChI=1S/C25H34N6O.HI/c1-3-26-25(27-15-14-24-29-20-11-5-6-12-21(20)30-24)28-18-22(31-16-8-9-17-31)19-10-4-7-13-23(19)32-2;/h4-7,10-13,22H,3,8-9,14-18H2,1-2H3,(H,29,30)(H2,26,27,28);1H. The molecule has 0 spiro atoms. The van der Waals surface area contributed by atoms with Gasteiger partial charge in [-0.15, -0.1) is 24.0 Å². The van der Waals surface area contributed by atoms with Gasteiger partial charge in [0.2, 0.25) is 0 Å². The number of aromatic amines is 1. The molecule has 4 rings (SSSR count). The van der Waals surface area contributed by atoms with Crippen molar-refractivity contribution in [2.45, 2.75) is 32.2 Å². The number of likely N-dealkylation sites (tertiary alicyclic amines) is 1. The number of imidazole rings is 1. The smallest absolute Gasteiger partial charge is 0.191 e. The van der Waals surface area contributed by atoms with Crippen LogP contribution in [-0.4, -0.2) is 60.7 Å². The first-order chi connectivity index (χ1) is 15.8. The predicted molar refractivity (Wildman–Crippen MR) is 146 cm³/mol.